The quantitative estimate of drug-likeness (QED) is 0.344. The zero-order valence-corrected chi connectivity index (χ0v) is 21.5. The van der Waals surface area contributed by atoms with Crippen LogP contribution in [0.25, 0.3) is 32.7 Å². The van der Waals surface area contributed by atoms with Crippen molar-refractivity contribution < 1.29 is 14.3 Å². The van der Waals surface area contributed by atoms with E-state index in [1.807, 2.05) is 23.8 Å². The van der Waals surface area contributed by atoms with Crippen molar-refractivity contribution in [1.29, 1.82) is 0 Å². The highest BCUT2D eigenvalue weighted by Crippen LogP contribution is 2.38. The third-order valence-corrected chi connectivity index (χ3v) is 6.94. The number of urea groups is 1. The van der Waals surface area contributed by atoms with Crippen molar-refractivity contribution in [2.24, 2.45) is 0 Å². The molecule has 37 heavy (non-hydrogen) atoms. The summed E-state index contributed by atoms with van der Waals surface area (Å²) >= 11 is 1.47. The summed E-state index contributed by atoms with van der Waals surface area (Å²) in [5.41, 5.74) is 3.05. The maximum absolute atomic E-state index is 13.4. The lowest BCUT2D eigenvalue weighted by atomic mass is 10.0. The number of ether oxygens (including phenoxy) is 1. The Hall–Kier alpha value is -4.12. The molecule has 1 aliphatic carbocycles. The second-order valence-electron chi connectivity index (χ2n) is 8.72. The topological polar surface area (TPSA) is 128 Å². The van der Waals surface area contributed by atoms with Crippen LogP contribution in [0.5, 0.6) is 0 Å². The van der Waals surface area contributed by atoms with Crippen molar-refractivity contribution >= 4 is 40.2 Å². The molecule has 2 N–H and O–H groups in total. The van der Waals surface area contributed by atoms with Crippen LogP contribution in [0.3, 0.4) is 0 Å². The summed E-state index contributed by atoms with van der Waals surface area (Å²) in [5, 5.41) is 8.43. The molecule has 10 nitrogen and oxygen atoms in total. The highest BCUT2D eigenvalue weighted by atomic mass is 32.1. The normalized spacial score (nSPS) is 12.9. The number of esters is 1. The number of carbonyl (C=O) groups excluding carboxylic acids is 2. The molecule has 0 atom stereocenters. The zero-order chi connectivity index (χ0) is 26.1. The fourth-order valence-electron chi connectivity index (χ4n) is 4.10. The van der Waals surface area contributed by atoms with Crippen LogP contribution in [0.1, 0.15) is 48.8 Å². The van der Waals surface area contributed by atoms with Gasteiger partial charge in [0.2, 0.25) is 5.43 Å². The Balaban J connectivity index is 1.67. The van der Waals surface area contributed by atoms with Gasteiger partial charge in [-0.05, 0) is 45.7 Å². The van der Waals surface area contributed by atoms with Crippen LogP contribution >= 0.6 is 11.3 Å². The molecule has 190 valence electrons. The van der Waals surface area contributed by atoms with Gasteiger partial charge in [-0.2, -0.15) is 0 Å². The molecule has 11 heteroatoms. The number of fused-ring (bicyclic) bond motifs is 1. The van der Waals surface area contributed by atoms with Gasteiger partial charge in [-0.25, -0.2) is 24.5 Å². The van der Waals surface area contributed by atoms with Crippen molar-refractivity contribution in [2.75, 3.05) is 18.5 Å². The SMILES string of the molecule is CCNC(=O)Nc1cc(-c2nc(C)cs2)c(-c2cnc3c(c2)c(=O)c(C(=O)OCC)cn3C2CC2)cn1. The summed E-state index contributed by atoms with van der Waals surface area (Å²) in [7, 11) is 0. The highest BCUT2D eigenvalue weighted by Gasteiger charge is 2.28. The minimum absolute atomic E-state index is 0.00409. The number of rotatable bonds is 7. The molecular formula is C26H26N6O4S. The van der Waals surface area contributed by atoms with E-state index < -0.39 is 11.4 Å². The first kappa shape index (κ1) is 24.6. The summed E-state index contributed by atoms with van der Waals surface area (Å²) in [6, 6.07) is 3.34. The van der Waals surface area contributed by atoms with E-state index in [2.05, 4.69) is 25.6 Å². The lowest BCUT2D eigenvalue weighted by Crippen LogP contribution is -2.28. The first-order chi connectivity index (χ1) is 17.9. The van der Waals surface area contributed by atoms with Gasteiger partial charge < -0.3 is 14.6 Å². The van der Waals surface area contributed by atoms with E-state index in [4.69, 9.17) is 4.74 Å². The predicted molar refractivity (Wildman–Crippen MR) is 142 cm³/mol. The van der Waals surface area contributed by atoms with Gasteiger partial charge in [0.1, 0.15) is 22.0 Å². The maximum Gasteiger partial charge on any atom is 0.343 e. The maximum atomic E-state index is 13.4. The van der Waals surface area contributed by atoms with Gasteiger partial charge in [0.15, 0.2) is 0 Å². The molecule has 0 bridgehead atoms. The van der Waals surface area contributed by atoms with E-state index in [0.29, 0.717) is 34.5 Å². The predicted octanol–water partition coefficient (Wildman–Crippen LogP) is 4.54. The summed E-state index contributed by atoms with van der Waals surface area (Å²) in [5.74, 6) is -0.275. The Morgan fingerprint density at radius 2 is 1.97 bits per heavy atom. The average molecular weight is 519 g/mol. The number of hydrogen-bond acceptors (Lipinski definition) is 8. The molecule has 0 unspecified atom stereocenters. The van der Waals surface area contributed by atoms with Gasteiger partial charge in [-0.1, -0.05) is 0 Å². The molecule has 1 saturated carbocycles. The minimum atomic E-state index is -0.643. The van der Waals surface area contributed by atoms with Gasteiger partial charge in [0.05, 0.1) is 12.0 Å². The molecule has 0 saturated heterocycles. The molecule has 2 amide bonds. The number of pyridine rings is 3. The molecule has 0 radical (unpaired) electrons. The van der Waals surface area contributed by atoms with Crippen molar-refractivity contribution in [1.82, 2.24) is 24.8 Å². The smallest absolute Gasteiger partial charge is 0.343 e. The third-order valence-electron chi connectivity index (χ3n) is 5.95. The second kappa shape index (κ2) is 10.1. The summed E-state index contributed by atoms with van der Waals surface area (Å²) in [6.07, 6.45) is 6.82. The number of aryl methyl sites for hydroxylation is 1. The lowest BCUT2D eigenvalue weighted by molar-refractivity contribution is 0.0524. The van der Waals surface area contributed by atoms with Crippen molar-refractivity contribution in [3.63, 3.8) is 0 Å². The van der Waals surface area contributed by atoms with E-state index >= 15 is 0 Å². The minimum Gasteiger partial charge on any atom is -0.462 e. The zero-order valence-electron chi connectivity index (χ0n) is 20.7. The molecule has 0 aliphatic heterocycles. The van der Waals surface area contributed by atoms with E-state index in [1.54, 1.807) is 37.6 Å². The molecule has 1 aliphatic rings. The summed E-state index contributed by atoms with van der Waals surface area (Å²) < 4.78 is 7.04. The Labute approximate surface area is 216 Å². The number of amides is 2. The van der Waals surface area contributed by atoms with Crippen LogP contribution in [-0.4, -0.2) is 44.7 Å². The van der Waals surface area contributed by atoms with Crippen molar-refractivity contribution in [2.45, 2.75) is 39.7 Å². The molecule has 5 rings (SSSR count). The van der Waals surface area contributed by atoms with Gasteiger partial charge in [0.25, 0.3) is 0 Å². The molecule has 4 heterocycles. The molecule has 1 fully saturated rings. The lowest BCUT2D eigenvalue weighted by Gasteiger charge is -2.14. The first-order valence-electron chi connectivity index (χ1n) is 12.1. The molecule has 0 spiro atoms. The Bertz CT molecular complexity index is 1570. The van der Waals surface area contributed by atoms with Crippen LogP contribution in [-0.2, 0) is 4.74 Å². The summed E-state index contributed by atoms with van der Waals surface area (Å²) in [4.78, 5) is 51.7. The standard InChI is InChI=1S/C26H26N6O4S/c1-4-27-26(35)31-21-9-17(24-30-14(3)13-37-24)19(11-28-21)15-8-18-22(33)20(25(34)36-5-2)12-32(16-6-7-16)23(18)29-10-15/h8-13,16H,4-7H2,1-3H3,(H2,27,28,31,35). The van der Waals surface area contributed by atoms with Gasteiger partial charge in [-0.15, -0.1) is 11.3 Å². The number of carbonyl (C=O) groups is 2. The largest absolute Gasteiger partial charge is 0.462 e. The van der Waals surface area contributed by atoms with E-state index in [1.165, 1.54) is 11.3 Å². The monoisotopic (exact) mass is 518 g/mol. The second-order valence-corrected chi connectivity index (χ2v) is 9.58. The van der Waals surface area contributed by atoms with E-state index in [-0.39, 0.29) is 24.2 Å². The Morgan fingerprint density at radius 3 is 2.65 bits per heavy atom. The number of nitrogens with one attached hydrogen (secondary N) is 2. The molecule has 4 aromatic rings. The Kier molecular flexibility index (Phi) is 6.70. The van der Waals surface area contributed by atoms with Crippen LogP contribution in [0, 0.1) is 6.92 Å². The number of thiazole rings is 1. The molecular weight excluding hydrogens is 492 g/mol. The van der Waals surface area contributed by atoms with Crippen LogP contribution in [0.2, 0.25) is 0 Å². The van der Waals surface area contributed by atoms with E-state index in [0.717, 1.165) is 29.1 Å². The number of nitrogens with zero attached hydrogens (tertiary/aromatic N) is 4. The highest BCUT2D eigenvalue weighted by molar-refractivity contribution is 7.13. The van der Waals surface area contributed by atoms with Gasteiger partial charge >= 0.3 is 12.0 Å². The fourth-order valence-corrected chi connectivity index (χ4v) is 4.92. The average Bonchev–Trinajstić information content (AvgIpc) is 3.64. The molecule has 4 aromatic heterocycles. The fraction of sp³-hybridized carbons (Fsp3) is 0.308. The van der Waals surface area contributed by atoms with Gasteiger partial charge in [-0.3, -0.25) is 10.1 Å². The number of anilines is 1. The number of hydrogen-bond donors (Lipinski definition) is 2. The number of aromatic nitrogens is 4. The van der Waals surface area contributed by atoms with E-state index in [9.17, 15) is 14.4 Å². The van der Waals surface area contributed by atoms with Gasteiger partial charge in [0, 0.05) is 58.9 Å². The first-order valence-corrected chi connectivity index (χ1v) is 13.0. The van der Waals surface area contributed by atoms with Crippen molar-refractivity contribution in [3.8, 4) is 21.7 Å². The van der Waals surface area contributed by atoms with Crippen LogP contribution in [0.4, 0.5) is 10.6 Å². The van der Waals surface area contributed by atoms with Crippen molar-refractivity contribution in [3.05, 3.63) is 57.6 Å². The van der Waals surface area contributed by atoms with Crippen LogP contribution < -0.4 is 16.1 Å². The van der Waals surface area contributed by atoms with Crippen LogP contribution in [0.15, 0.2) is 40.9 Å². The Morgan fingerprint density at radius 1 is 1.16 bits per heavy atom. The summed E-state index contributed by atoms with van der Waals surface area (Å²) in [6.45, 7) is 6.10. The molecule has 0 aromatic carbocycles. The third kappa shape index (κ3) is 4.94.